The molecule has 2 fully saturated rings. The van der Waals surface area contributed by atoms with E-state index < -0.39 is 0 Å². The first-order valence-electron chi connectivity index (χ1n) is 12.7. The van der Waals surface area contributed by atoms with Crippen molar-refractivity contribution in [3.63, 3.8) is 0 Å². The molecule has 0 bridgehead atoms. The number of piperazine rings is 1. The van der Waals surface area contributed by atoms with E-state index in [1.165, 1.54) is 31.5 Å². The number of urea groups is 1. The van der Waals surface area contributed by atoms with Gasteiger partial charge in [-0.25, -0.2) is 13.7 Å². The maximum absolute atomic E-state index is 13.6. The first-order chi connectivity index (χ1) is 17.4. The third-order valence-electron chi connectivity index (χ3n) is 6.55. The van der Waals surface area contributed by atoms with Crippen LogP contribution in [-0.2, 0) is 4.74 Å². The number of rotatable bonds is 4. The maximum atomic E-state index is 13.6. The van der Waals surface area contributed by atoms with Crippen LogP contribution in [0, 0.1) is 5.82 Å². The molecule has 0 saturated carbocycles. The molecule has 194 valence electrons. The zero-order chi connectivity index (χ0) is 25.5. The number of anilines is 1. The second-order valence-corrected chi connectivity index (χ2v) is 9.57. The number of ether oxygens (including phenoxy) is 1. The molecule has 4 heterocycles. The fourth-order valence-electron chi connectivity index (χ4n) is 4.60. The van der Waals surface area contributed by atoms with Crippen molar-refractivity contribution in [1.82, 2.24) is 25.1 Å². The van der Waals surface area contributed by atoms with E-state index in [-0.39, 0.29) is 17.9 Å². The summed E-state index contributed by atoms with van der Waals surface area (Å²) in [6, 6.07) is 10.7. The van der Waals surface area contributed by atoms with E-state index in [1.54, 1.807) is 19.4 Å². The fourth-order valence-corrected chi connectivity index (χ4v) is 4.60. The number of methoxy groups -OCH3 is 1. The van der Waals surface area contributed by atoms with Crippen LogP contribution in [0.1, 0.15) is 26.7 Å². The van der Waals surface area contributed by atoms with Crippen LogP contribution in [0.4, 0.5) is 14.9 Å². The first-order valence-corrected chi connectivity index (χ1v) is 12.7. The molecule has 1 aromatic carbocycles. The van der Waals surface area contributed by atoms with Crippen molar-refractivity contribution < 1.29 is 13.9 Å². The number of hydrogen-bond acceptors (Lipinski definition) is 5. The number of piperidine rings is 1. The van der Waals surface area contributed by atoms with Crippen molar-refractivity contribution in [3.8, 4) is 11.1 Å². The Balaban J connectivity index is 0.000000325. The molecule has 1 atom stereocenters. The van der Waals surface area contributed by atoms with Gasteiger partial charge in [0.2, 0.25) is 0 Å². The zero-order valence-electron chi connectivity index (χ0n) is 21.4. The molecule has 2 aliphatic heterocycles. The first kappa shape index (κ1) is 25.9. The highest BCUT2D eigenvalue weighted by Crippen LogP contribution is 2.29. The van der Waals surface area contributed by atoms with Gasteiger partial charge in [0.15, 0.2) is 0 Å². The standard InChI is InChI=1S/C21H24FN5O.C6H13NO/c1-15(2)24-21(28)26-10-8-25(9-11-26)19-6-7-23-27-14-17(13-20(19)27)16-4-3-5-18(22)12-16;1-8-6-3-2-4-7-5-6/h3-7,12-15H,8-11H2,1-2H3,(H,24,28);6-7H,2-5H2,1H3. The summed E-state index contributed by atoms with van der Waals surface area (Å²) in [6.07, 6.45) is 6.65. The minimum Gasteiger partial charge on any atom is -0.380 e. The minimum absolute atomic E-state index is 0.00870. The normalized spacial score (nSPS) is 18.2. The lowest BCUT2D eigenvalue weighted by molar-refractivity contribution is 0.0810. The van der Waals surface area contributed by atoms with Crippen LogP contribution in [-0.4, -0.2) is 79.1 Å². The minimum atomic E-state index is -0.253. The average molecular weight is 497 g/mol. The SMILES string of the molecule is CC(C)NC(=O)N1CCN(c2ccnn3cc(-c4cccc(F)c4)cc23)CC1.COC1CCCNC1. The number of fused-ring (bicyclic) bond motifs is 1. The van der Waals surface area contributed by atoms with Gasteiger partial charge in [0.25, 0.3) is 0 Å². The number of carbonyl (C=O) groups is 1. The molecule has 5 rings (SSSR count). The summed E-state index contributed by atoms with van der Waals surface area (Å²) in [5, 5.41) is 10.6. The van der Waals surface area contributed by atoms with E-state index in [0.29, 0.717) is 19.2 Å². The highest BCUT2D eigenvalue weighted by atomic mass is 19.1. The Hall–Kier alpha value is -3.17. The smallest absolute Gasteiger partial charge is 0.317 e. The topological polar surface area (TPSA) is 74.1 Å². The van der Waals surface area contributed by atoms with Gasteiger partial charge in [0.1, 0.15) is 5.82 Å². The summed E-state index contributed by atoms with van der Waals surface area (Å²) in [5.41, 5.74) is 3.80. The van der Waals surface area contributed by atoms with Crippen LogP contribution in [0.25, 0.3) is 16.6 Å². The molecule has 2 N–H and O–H groups in total. The van der Waals surface area contributed by atoms with Crippen LogP contribution in [0.3, 0.4) is 0 Å². The van der Waals surface area contributed by atoms with Gasteiger partial charge in [-0.3, -0.25) is 0 Å². The monoisotopic (exact) mass is 496 g/mol. The molecule has 0 spiro atoms. The summed E-state index contributed by atoms with van der Waals surface area (Å²) in [6.45, 7) is 8.98. The summed E-state index contributed by atoms with van der Waals surface area (Å²) in [5.74, 6) is -0.253. The Bertz CT molecular complexity index is 1140. The second kappa shape index (κ2) is 12.2. The third kappa shape index (κ3) is 6.53. The van der Waals surface area contributed by atoms with Gasteiger partial charge in [-0.2, -0.15) is 5.10 Å². The molecule has 0 aliphatic carbocycles. The molecule has 36 heavy (non-hydrogen) atoms. The Labute approximate surface area is 212 Å². The van der Waals surface area contributed by atoms with Gasteiger partial charge < -0.3 is 25.2 Å². The number of nitrogens with one attached hydrogen (secondary N) is 2. The Kier molecular flexibility index (Phi) is 8.77. The maximum Gasteiger partial charge on any atom is 0.317 e. The van der Waals surface area contributed by atoms with Crippen molar-refractivity contribution in [1.29, 1.82) is 0 Å². The van der Waals surface area contributed by atoms with Crippen LogP contribution >= 0.6 is 0 Å². The van der Waals surface area contributed by atoms with E-state index in [9.17, 15) is 9.18 Å². The largest absolute Gasteiger partial charge is 0.380 e. The summed E-state index contributed by atoms with van der Waals surface area (Å²) >= 11 is 0. The van der Waals surface area contributed by atoms with Crippen LogP contribution in [0.2, 0.25) is 0 Å². The molecule has 0 radical (unpaired) electrons. The number of hydrogen-bond donors (Lipinski definition) is 2. The van der Waals surface area contributed by atoms with Gasteiger partial charge in [-0.1, -0.05) is 12.1 Å². The number of carbonyl (C=O) groups excluding carboxylic acids is 1. The van der Waals surface area contributed by atoms with E-state index in [4.69, 9.17) is 4.74 Å². The van der Waals surface area contributed by atoms with Crippen molar-refractivity contribution in [3.05, 3.63) is 54.6 Å². The van der Waals surface area contributed by atoms with Crippen molar-refractivity contribution in [2.45, 2.75) is 38.8 Å². The molecule has 1 unspecified atom stereocenters. The Morgan fingerprint density at radius 1 is 1.17 bits per heavy atom. The third-order valence-corrected chi connectivity index (χ3v) is 6.55. The zero-order valence-corrected chi connectivity index (χ0v) is 21.4. The van der Waals surface area contributed by atoms with Crippen LogP contribution < -0.4 is 15.5 Å². The molecule has 2 aromatic heterocycles. The average Bonchev–Trinajstić information content (AvgIpc) is 3.34. The lowest BCUT2D eigenvalue weighted by Gasteiger charge is -2.36. The number of aromatic nitrogens is 2. The van der Waals surface area contributed by atoms with Gasteiger partial charge >= 0.3 is 6.03 Å². The van der Waals surface area contributed by atoms with Crippen molar-refractivity contribution in [2.24, 2.45) is 0 Å². The number of benzene rings is 1. The molecular weight excluding hydrogens is 459 g/mol. The molecule has 2 amide bonds. The molecular formula is C27H37FN6O2. The van der Waals surface area contributed by atoms with Gasteiger partial charge in [-0.15, -0.1) is 0 Å². The highest BCUT2D eigenvalue weighted by molar-refractivity contribution is 5.80. The number of amides is 2. The number of nitrogens with zero attached hydrogens (tertiary/aromatic N) is 4. The summed E-state index contributed by atoms with van der Waals surface area (Å²) in [7, 11) is 1.78. The molecule has 3 aromatic rings. The summed E-state index contributed by atoms with van der Waals surface area (Å²) in [4.78, 5) is 16.3. The van der Waals surface area contributed by atoms with Crippen LogP contribution in [0.5, 0.6) is 0 Å². The fraction of sp³-hybridized carbons (Fsp3) is 0.481. The van der Waals surface area contributed by atoms with Gasteiger partial charge in [0, 0.05) is 63.8 Å². The lowest BCUT2D eigenvalue weighted by Crippen LogP contribution is -2.53. The second-order valence-electron chi connectivity index (χ2n) is 9.57. The quantitative estimate of drug-likeness (QED) is 0.575. The van der Waals surface area contributed by atoms with Crippen LogP contribution in [0.15, 0.2) is 48.8 Å². The highest BCUT2D eigenvalue weighted by Gasteiger charge is 2.23. The van der Waals surface area contributed by atoms with E-state index >= 15 is 0 Å². The predicted octanol–water partition coefficient (Wildman–Crippen LogP) is 3.77. The molecule has 2 saturated heterocycles. The van der Waals surface area contributed by atoms with E-state index in [0.717, 1.165) is 42.0 Å². The van der Waals surface area contributed by atoms with Crippen molar-refractivity contribution in [2.75, 3.05) is 51.3 Å². The van der Waals surface area contributed by atoms with E-state index in [1.807, 2.05) is 47.7 Å². The molecule has 9 heteroatoms. The Morgan fingerprint density at radius 2 is 1.97 bits per heavy atom. The lowest BCUT2D eigenvalue weighted by atomic mass is 10.1. The Morgan fingerprint density at radius 3 is 2.61 bits per heavy atom. The molecule has 8 nitrogen and oxygen atoms in total. The molecule has 2 aliphatic rings. The summed E-state index contributed by atoms with van der Waals surface area (Å²) < 4.78 is 20.5. The van der Waals surface area contributed by atoms with Gasteiger partial charge in [-0.05, 0) is 63.1 Å². The van der Waals surface area contributed by atoms with Gasteiger partial charge in [0.05, 0.1) is 17.3 Å². The van der Waals surface area contributed by atoms with E-state index in [2.05, 4.69) is 20.6 Å². The number of halogens is 1. The predicted molar refractivity (Wildman–Crippen MR) is 141 cm³/mol. The van der Waals surface area contributed by atoms with Crippen molar-refractivity contribution >= 4 is 17.2 Å².